The van der Waals surface area contributed by atoms with Crippen molar-refractivity contribution in [1.29, 1.82) is 0 Å². The fourth-order valence-corrected chi connectivity index (χ4v) is 2.15. The molecule has 20 heavy (non-hydrogen) atoms. The Morgan fingerprint density at radius 1 is 0.800 bits per heavy atom. The van der Waals surface area contributed by atoms with Gasteiger partial charge in [0.2, 0.25) is 0 Å². The summed E-state index contributed by atoms with van der Waals surface area (Å²) in [6.07, 6.45) is 1.89. The molecule has 3 aromatic rings. The molecule has 0 bridgehead atoms. The van der Waals surface area contributed by atoms with Crippen molar-refractivity contribution < 1.29 is 0 Å². The summed E-state index contributed by atoms with van der Waals surface area (Å²) < 4.78 is 0. The molecule has 0 fully saturated rings. The van der Waals surface area contributed by atoms with E-state index < -0.39 is 0 Å². The largest absolute Gasteiger partial charge is 0.269 e. The lowest BCUT2D eigenvalue weighted by Gasteiger charge is -2.12. The summed E-state index contributed by atoms with van der Waals surface area (Å²) in [6.45, 7) is 0. The summed E-state index contributed by atoms with van der Waals surface area (Å²) >= 11 is 0. The first-order valence-corrected chi connectivity index (χ1v) is 6.64. The highest BCUT2D eigenvalue weighted by molar-refractivity contribution is 5.90. The number of para-hydroxylation sites is 1. The number of hydrazone groups is 1. The second kappa shape index (κ2) is 5.57. The standard InChI is InChI=1S/C18H16N2/c1-20(18-9-3-2-4-10-18)19-14-15-11-12-16-7-5-6-8-17(16)13-15/h2-14H,1H3/b19-14+. The minimum atomic E-state index is 1.07. The molecule has 98 valence electrons. The molecule has 0 saturated carbocycles. The molecular weight excluding hydrogens is 244 g/mol. The van der Waals surface area contributed by atoms with E-state index in [4.69, 9.17) is 0 Å². The van der Waals surface area contributed by atoms with E-state index in [1.54, 1.807) is 0 Å². The highest BCUT2D eigenvalue weighted by Crippen LogP contribution is 2.15. The second-order valence-electron chi connectivity index (χ2n) is 4.71. The van der Waals surface area contributed by atoms with Crippen LogP contribution in [0.5, 0.6) is 0 Å². The van der Waals surface area contributed by atoms with E-state index in [0.29, 0.717) is 0 Å². The Balaban J connectivity index is 1.83. The molecule has 0 atom stereocenters. The van der Waals surface area contributed by atoms with Crippen molar-refractivity contribution in [3.8, 4) is 0 Å². The zero-order chi connectivity index (χ0) is 13.8. The lowest BCUT2D eigenvalue weighted by atomic mass is 10.1. The van der Waals surface area contributed by atoms with E-state index in [1.807, 2.05) is 48.6 Å². The Hall–Kier alpha value is -2.61. The Kier molecular flexibility index (Phi) is 3.46. The Morgan fingerprint density at radius 2 is 1.50 bits per heavy atom. The molecule has 0 saturated heterocycles. The number of hydrogen-bond donors (Lipinski definition) is 0. The molecule has 0 N–H and O–H groups in total. The summed E-state index contributed by atoms with van der Waals surface area (Å²) in [4.78, 5) is 0. The highest BCUT2D eigenvalue weighted by Gasteiger charge is 1.97. The molecule has 0 aliphatic heterocycles. The number of fused-ring (bicyclic) bond motifs is 1. The molecule has 3 aromatic carbocycles. The van der Waals surface area contributed by atoms with Crippen LogP contribution in [0.3, 0.4) is 0 Å². The second-order valence-corrected chi connectivity index (χ2v) is 4.71. The maximum atomic E-state index is 4.48. The van der Waals surface area contributed by atoms with Crippen molar-refractivity contribution in [1.82, 2.24) is 0 Å². The van der Waals surface area contributed by atoms with E-state index in [2.05, 4.69) is 47.6 Å². The molecule has 2 nitrogen and oxygen atoms in total. The monoisotopic (exact) mass is 260 g/mol. The Morgan fingerprint density at radius 3 is 2.30 bits per heavy atom. The minimum absolute atomic E-state index is 1.07. The van der Waals surface area contributed by atoms with Crippen LogP contribution in [0.4, 0.5) is 5.69 Å². The fraction of sp³-hybridized carbons (Fsp3) is 0.0556. The van der Waals surface area contributed by atoms with E-state index in [1.165, 1.54) is 10.8 Å². The van der Waals surface area contributed by atoms with Crippen molar-refractivity contribution in [3.05, 3.63) is 78.4 Å². The van der Waals surface area contributed by atoms with Gasteiger partial charge in [-0.25, -0.2) is 0 Å². The maximum Gasteiger partial charge on any atom is 0.0590 e. The van der Waals surface area contributed by atoms with Gasteiger partial charge in [0.15, 0.2) is 0 Å². The first kappa shape index (κ1) is 12.4. The first-order valence-electron chi connectivity index (χ1n) is 6.64. The SMILES string of the molecule is CN(/N=C/c1ccc2ccccc2c1)c1ccccc1. The van der Waals surface area contributed by atoms with Gasteiger partial charge in [0.05, 0.1) is 11.9 Å². The molecule has 0 aromatic heterocycles. The molecule has 0 radical (unpaired) electrons. The number of nitrogens with zero attached hydrogens (tertiary/aromatic N) is 2. The molecule has 3 rings (SSSR count). The molecule has 0 heterocycles. The third-order valence-corrected chi connectivity index (χ3v) is 3.28. The van der Waals surface area contributed by atoms with E-state index >= 15 is 0 Å². The van der Waals surface area contributed by atoms with Crippen LogP contribution in [0.2, 0.25) is 0 Å². The van der Waals surface area contributed by atoms with Gasteiger partial charge in [0, 0.05) is 7.05 Å². The Bertz CT molecular complexity index is 733. The zero-order valence-electron chi connectivity index (χ0n) is 11.4. The smallest absolute Gasteiger partial charge is 0.0590 e. The zero-order valence-corrected chi connectivity index (χ0v) is 11.4. The summed E-state index contributed by atoms with van der Waals surface area (Å²) in [5.41, 5.74) is 2.18. The van der Waals surface area contributed by atoms with Crippen molar-refractivity contribution in [2.75, 3.05) is 12.1 Å². The average molecular weight is 260 g/mol. The van der Waals surface area contributed by atoms with Gasteiger partial charge in [-0.15, -0.1) is 0 Å². The molecule has 2 heteroatoms. The molecule has 0 unspecified atom stereocenters. The van der Waals surface area contributed by atoms with Gasteiger partial charge in [-0.05, 0) is 34.5 Å². The lowest BCUT2D eigenvalue weighted by Crippen LogP contribution is -2.08. The van der Waals surface area contributed by atoms with Crippen LogP contribution in [0.1, 0.15) is 5.56 Å². The van der Waals surface area contributed by atoms with Crippen LogP contribution >= 0.6 is 0 Å². The van der Waals surface area contributed by atoms with Crippen molar-refractivity contribution in [2.45, 2.75) is 0 Å². The van der Waals surface area contributed by atoms with Gasteiger partial charge >= 0.3 is 0 Å². The summed E-state index contributed by atoms with van der Waals surface area (Å²) in [5, 5.41) is 8.84. The quantitative estimate of drug-likeness (QED) is 0.506. The fourth-order valence-electron chi connectivity index (χ4n) is 2.15. The summed E-state index contributed by atoms with van der Waals surface area (Å²) in [5.74, 6) is 0. The first-order chi connectivity index (χ1) is 9.83. The van der Waals surface area contributed by atoms with Crippen molar-refractivity contribution >= 4 is 22.7 Å². The van der Waals surface area contributed by atoms with Crippen LogP contribution in [0.25, 0.3) is 10.8 Å². The average Bonchev–Trinajstić information content (AvgIpc) is 2.53. The van der Waals surface area contributed by atoms with E-state index in [9.17, 15) is 0 Å². The number of anilines is 1. The predicted molar refractivity (Wildman–Crippen MR) is 86.4 cm³/mol. The maximum absolute atomic E-state index is 4.48. The van der Waals surface area contributed by atoms with Crippen LogP contribution in [-0.2, 0) is 0 Å². The van der Waals surface area contributed by atoms with Gasteiger partial charge in [-0.1, -0.05) is 54.6 Å². The molecule has 0 aliphatic rings. The van der Waals surface area contributed by atoms with Crippen LogP contribution in [0.15, 0.2) is 77.9 Å². The van der Waals surface area contributed by atoms with Crippen molar-refractivity contribution in [2.24, 2.45) is 5.10 Å². The normalized spacial score (nSPS) is 11.1. The third-order valence-electron chi connectivity index (χ3n) is 3.28. The number of benzene rings is 3. The van der Waals surface area contributed by atoms with Crippen molar-refractivity contribution in [3.63, 3.8) is 0 Å². The van der Waals surface area contributed by atoms with Crippen LogP contribution < -0.4 is 5.01 Å². The van der Waals surface area contributed by atoms with E-state index in [0.717, 1.165) is 11.3 Å². The number of rotatable bonds is 3. The van der Waals surface area contributed by atoms with Gasteiger partial charge in [0.25, 0.3) is 0 Å². The minimum Gasteiger partial charge on any atom is -0.269 e. The van der Waals surface area contributed by atoms with Gasteiger partial charge in [-0.2, -0.15) is 5.10 Å². The topological polar surface area (TPSA) is 15.6 Å². The molecule has 0 aliphatic carbocycles. The third kappa shape index (κ3) is 2.69. The molecular formula is C18H16N2. The Labute approximate surface area is 119 Å². The lowest BCUT2D eigenvalue weighted by molar-refractivity contribution is 1.02. The van der Waals surface area contributed by atoms with Gasteiger partial charge in [-0.3, -0.25) is 5.01 Å². The predicted octanol–water partition coefficient (Wildman–Crippen LogP) is 4.31. The van der Waals surface area contributed by atoms with E-state index in [-0.39, 0.29) is 0 Å². The number of hydrogen-bond acceptors (Lipinski definition) is 2. The molecule has 0 amide bonds. The van der Waals surface area contributed by atoms with Crippen LogP contribution in [0, 0.1) is 0 Å². The van der Waals surface area contributed by atoms with Gasteiger partial charge < -0.3 is 0 Å². The highest BCUT2D eigenvalue weighted by atomic mass is 15.4. The summed E-state index contributed by atoms with van der Waals surface area (Å²) in [7, 11) is 1.95. The summed E-state index contributed by atoms with van der Waals surface area (Å²) in [6, 6.07) is 24.8. The van der Waals surface area contributed by atoms with Gasteiger partial charge in [0.1, 0.15) is 0 Å². The molecule has 0 spiro atoms. The van der Waals surface area contributed by atoms with Crippen LogP contribution in [-0.4, -0.2) is 13.3 Å².